The SMILES string of the molecule is CNCC(C)C(=O)Nc1cc(C(=O)N(C)C(C)C)ccc1Cl.Cl. The number of nitrogens with zero attached hydrogens (tertiary/aromatic N) is 1. The molecule has 0 bridgehead atoms. The Hall–Kier alpha value is -1.30. The summed E-state index contributed by atoms with van der Waals surface area (Å²) in [6.45, 7) is 6.27. The van der Waals surface area contributed by atoms with Crippen LogP contribution in [0.1, 0.15) is 31.1 Å². The molecule has 0 radical (unpaired) electrons. The van der Waals surface area contributed by atoms with E-state index in [0.717, 1.165) is 0 Å². The Labute approximate surface area is 149 Å². The van der Waals surface area contributed by atoms with Gasteiger partial charge in [-0.15, -0.1) is 12.4 Å². The first-order chi connectivity index (χ1) is 10.3. The molecule has 0 aliphatic carbocycles. The minimum absolute atomic E-state index is 0. The van der Waals surface area contributed by atoms with E-state index in [1.54, 1.807) is 37.2 Å². The van der Waals surface area contributed by atoms with Crippen LogP contribution in [0.5, 0.6) is 0 Å². The zero-order valence-corrected chi connectivity index (χ0v) is 15.7. The molecule has 130 valence electrons. The molecule has 1 rings (SSSR count). The van der Waals surface area contributed by atoms with Crippen LogP contribution >= 0.6 is 24.0 Å². The van der Waals surface area contributed by atoms with Gasteiger partial charge in [-0.05, 0) is 39.1 Å². The lowest BCUT2D eigenvalue weighted by molar-refractivity contribution is -0.119. The van der Waals surface area contributed by atoms with Crippen molar-refractivity contribution in [1.29, 1.82) is 0 Å². The van der Waals surface area contributed by atoms with E-state index < -0.39 is 0 Å². The maximum atomic E-state index is 12.3. The first-order valence-corrected chi connectivity index (χ1v) is 7.67. The monoisotopic (exact) mass is 361 g/mol. The van der Waals surface area contributed by atoms with Gasteiger partial charge in [0.15, 0.2) is 0 Å². The predicted octanol–water partition coefficient (Wildman–Crippen LogP) is 3.04. The molecule has 1 unspecified atom stereocenters. The molecule has 1 aromatic rings. The van der Waals surface area contributed by atoms with Crippen LogP contribution in [-0.4, -0.2) is 43.4 Å². The molecule has 2 N–H and O–H groups in total. The second-order valence-electron chi connectivity index (χ2n) is 5.65. The van der Waals surface area contributed by atoms with E-state index in [1.807, 2.05) is 20.8 Å². The minimum atomic E-state index is -0.196. The summed E-state index contributed by atoms with van der Waals surface area (Å²) in [4.78, 5) is 26.0. The molecule has 23 heavy (non-hydrogen) atoms. The van der Waals surface area contributed by atoms with E-state index in [2.05, 4.69) is 10.6 Å². The molecule has 0 saturated carbocycles. The summed E-state index contributed by atoms with van der Waals surface area (Å²) in [7, 11) is 3.53. The van der Waals surface area contributed by atoms with Gasteiger partial charge in [-0.2, -0.15) is 0 Å². The number of benzene rings is 1. The molecule has 0 fully saturated rings. The lowest BCUT2D eigenvalue weighted by Crippen LogP contribution is -2.33. The molecule has 5 nitrogen and oxygen atoms in total. The predicted molar refractivity (Wildman–Crippen MR) is 97.6 cm³/mol. The maximum Gasteiger partial charge on any atom is 0.253 e. The van der Waals surface area contributed by atoms with Crippen molar-refractivity contribution in [2.24, 2.45) is 5.92 Å². The van der Waals surface area contributed by atoms with Gasteiger partial charge in [0, 0.05) is 31.1 Å². The van der Waals surface area contributed by atoms with E-state index in [4.69, 9.17) is 11.6 Å². The molecule has 2 amide bonds. The van der Waals surface area contributed by atoms with Crippen molar-refractivity contribution in [2.75, 3.05) is 26.0 Å². The second kappa shape index (κ2) is 9.75. The molecular formula is C16H25Cl2N3O2. The van der Waals surface area contributed by atoms with Crippen LogP contribution in [0.25, 0.3) is 0 Å². The Morgan fingerprint density at radius 1 is 1.26 bits per heavy atom. The first-order valence-electron chi connectivity index (χ1n) is 7.30. The standard InChI is InChI=1S/C16H24ClN3O2.ClH/c1-10(2)20(5)16(22)12-6-7-13(17)14(8-12)19-15(21)11(3)9-18-4;/h6-8,10-11,18H,9H2,1-5H3,(H,19,21);1H. The Morgan fingerprint density at radius 3 is 2.39 bits per heavy atom. The van der Waals surface area contributed by atoms with Gasteiger partial charge in [0.05, 0.1) is 10.7 Å². The Morgan fingerprint density at radius 2 is 1.87 bits per heavy atom. The fourth-order valence-electron chi connectivity index (χ4n) is 1.85. The smallest absolute Gasteiger partial charge is 0.253 e. The minimum Gasteiger partial charge on any atom is -0.339 e. The summed E-state index contributed by atoms with van der Waals surface area (Å²) >= 11 is 6.11. The van der Waals surface area contributed by atoms with Crippen molar-refractivity contribution in [3.05, 3.63) is 28.8 Å². The fourth-order valence-corrected chi connectivity index (χ4v) is 2.01. The molecule has 0 spiro atoms. The molecule has 0 aliphatic heterocycles. The largest absolute Gasteiger partial charge is 0.339 e. The van der Waals surface area contributed by atoms with Crippen molar-refractivity contribution < 1.29 is 9.59 Å². The Balaban J connectivity index is 0.00000484. The van der Waals surface area contributed by atoms with E-state index in [1.165, 1.54) is 0 Å². The number of anilines is 1. The number of halogens is 2. The van der Waals surface area contributed by atoms with E-state index in [9.17, 15) is 9.59 Å². The highest BCUT2D eigenvalue weighted by Gasteiger charge is 2.18. The molecular weight excluding hydrogens is 337 g/mol. The summed E-state index contributed by atoms with van der Waals surface area (Å²) in [6.07, 6.45) is 0. The van der Waals surface area contributed by atoms with Gasteiger partial charge >= 0.3 is 0 Å². The number of carbonyl (C=O) groups excluding carboxylic acids is 2. The van der Waals surface area contributed by atoms with Crippen LogP contribution in [0.3, 0.4) is 0 Å². The van der Waals surface area contributed by atoms with Crippen molar-refractivity contribution in [3.63, 3.8) is 0 Å². The summed E-state index contributed by atoms with van der Waals surface area (Å²) in [6, 6.07) is 5.00. The van der Waals surface area contributed by atoms with Gasteiger partial charge in [0.25, 0.3) is 5.91 Å². The highest BCUT2D eigenvalue weighted by atomic mass is 35.5. The summed E-state index contributed by atoms with van der Waals surface area (Å²) < 4.78 is 0. The number of nitrogens with one attached hydrogen (secondary N) is 2. The van der Waals surface area contributed by atoms with Gasteiger partial charge in [-0.3, -0.25) is 9.59 Å². The Bertz CT molecular complexity index is 550. The highest BCUT2D eigenvalue weighted by molar-refractivity contribution is 6.33. The average Bonchev–Trinajstić information content (AvgIpc) is 2.47. The molecule has 7 heteroatoms. The van der Waals surface area contributed by atoms with Crippen molar-refractivity contribution in [1.82, 2.24) is 10.2 Å². The third kappa shape index (κ3) is 6.01. The Kier molecular flexibility index (Phi) is 9.20. The molecule has 1 aromatic carbocycles. The van der Waals surface area contributed by atoms with Gasteiger partial charge in [-0.1, -0.05) is 18.5 Å². The van der Waals surface area contributed by atoms with E-state index in [-0.39, 0.29) is 36.2 Å². The first kappa shape index (κ1) is 21.7. The molecule has 0 saturated heterocycles. The lowest BCUT2D eigenvalue weighted by Gasteiger charge is -2.22. The van der Waals surface area contributed by atoms with Crippen LogP contribution < -0.4 is 10.6 Å². The topological polar surface area (TPSA) is 61.4 Å². The maximum absolute atomic E-state index is 12.3. The zero-order chi connectivity index (χ0) is 16.9. The van der Waals surface area contributed by atoms with Gasteiger partial charge in [0.1, 0.15) is 0 Å². The summed E-state index contributed by atoms with van der Waals surface area (Å²) in [5, 5.41) is 6.14. The quantitative estimate of drug-likeness (QED) is 0.818. The van der Waals surface area contributed by atoms with Crippen molar-refractivity contribution in [2.45, 2.75) is 26.8 Å². The third-order valence-electron chi connectivity index (χ3n) is 3.52. The third-order valence-corrected chi connectivity index (χ3v) is 3.85. The van der Waals surface area contributed by atoms with E-state index >= 15 is 0 Å². The number of amides is 2. The number of rotatable bonds is 6. The number of hydrogen-bond donors (Lipinski definition) is 2. The van der Waals surface area contributed by atoms with Crippen LogP contribution in [0, 0.1) is 5.92 Å². The fraction of sp³-hybridized carbons (Fsp3) is 0.500. The van der Waals surface area contributed by atoms with Gasteiger partial charge in [-0.25, -0.2) is 0 Å². The molecule has 0 aliphatic rings. The lowest BCUT2D eigenvalue weighted by atomic mass is 10.1. The van der Waals surface area contributed by atoms with Crippen LogP contribution in [0.2, 0.25) is 5.02 Å². The van der Waals surface area contributed by atoms with Crippen LogP contribution in [-0.2, 0) is 4.79 Å². The van der Waals surface area contributed by atoms with Gasteiger partial charge < -0.3 is 15.5 Å². The highest BCUT2D eigenvalue weighted by Crippen LogP contribution is 2.24. The summed E-state index contributed by atoms with van der Waals surface area (Å²) in [5.74, 6) is -0.442. The number of carbonyl (C=O) groups is 2. The van der Waals surface area contributed by atoms with Crippen molar-refractivity contribution in [3.8, 4) is 0 Å². The van der Waals surface area contributed by atoms with Gasteiger partial charge in [0.2, 0.25) is 5.91 Å². The molecule has 1 atom stereocenters. The summed E-state index contributed by atoms with van der Waals surface area (Å²) in [5.41, 5.74) is 0.954. The van der Waals surface area contributed by atoms with Crippen LogP contribution in [0.4, 0.5) is 5.69 Å². The number of hydrogen-bond acceptors (Lipinski definition) is 3. The van der Waals surface area contributed by atoms with E-state index in [0.29, 0.717) is 22.8 Å². The average molecular weight is 362 g/mol. The molecule has 0 aromatic heterocycles. The molecule has 0 heterocycles. The zero-order valence-electron chi connectivity index (χ0n) is 14.1. The van der Waals surface area contributed by atoms with Crippen molar-refractivity contribution >= 4 is 41.5 Å². The normalized spacial score (nSPS) is 11.6. The van der Waals surface area contributed by atoms with Crippen LogP contribution in [0.15, 0.2) is 18.2 Å². The second-order valence-corrected chi connectivity index (χ2v) is 6.06.